The van der Waals surface area contributed by atoms with Crippen LogP contribution in [0.3, 0.4) is 0 Å². The SMILES string of the molecule is Cc1nc(C)c(CN2CCOC3(C2)CN(C(=O)c2nccn2C)CCO3)o1. The van der Waals surface area contributed by atoms with Crippen molar-refractivity contribution in [1.82, 2.24) is 24.3 Å². The molecule has 1 amide bonds. The van der Waals surface area contributed by atoms with Crippen LogP contribution >= 0.6 is 0 Å². The number of oxazole rings is 1. The van der Waals surface area contributed by atoms with Crippen LogP contribution < -0.4 is 0 Å². The molecule has 2 aromatic rings. The van der Waals surface area contributed by atoms with Gasteiger partial charge in [-0.3, -0.25) is 9.69 Å². The van der Waals surface area contributed by atoms with E-state index in [0.29, 0.717) is 51.1 Å². The van der Waals surface area contributed by atoms with E-state index in [-0.39, 0.29) is 5.91 Å². The molecule has 4 rings (SSSR count). The number of aromatic nitrogens is 3. The van der Waals surface area contributed by atoms with Crippen LogP contribution in [-0.4, -0.2) is 75.4 Å². The highest BCUT2D eigenvalue weighted by Gasteiger charge is 2.44. The van der Waals surface area contributed by atoms with Gasteiger partial charge in [-0.15, -0.1) is 0 Å². The van der Waals surface area contributed by atoms with Crippen molar-refractivity contribution >= 4 is 5.91 Å². The maximum atomic E-state index is 12.8. The van der Waals surface area contributed by atoms with Crippen molar-refractivity contribution in [3.8, 4) is 0 Å². The molecule has 0 saturated carbocycles. The van der Waals surface area contributed by atoms with Gasteiger partial charge in [-0.25, -0.2) is 9.97 Å². The third-order valence-corrected chi connectivity index (χ3v) is 5.06. The fourth-order valence-corrected chi connectivity index (χ4v) is 3.71. The second-order valence-electron chi connectivity index (χ2n) is 7.15. The molecular weight excluding hydrogens is 350 g/mol. The molecule has 2 fully saturated rings. The first-order valence-corrected chi connectivity index (χ1v) is 9.15. The van der Waals surface area contributed by atoms with Crippen LogP contribution in [0.25, 0.3) is 0 Å². The van der Waals surface area contributed by atoms with Gasteiger partial charge in [0.25, 0.3) is 5.91 Å². The first-order valence-electron chi connectivity index (χ1n) is 9.15. The van der Waals surface area contributed by atoms with Crippen LogP contribution in [-0.2, 0) is 23.1 Å². The quantitative estimate of drug-likeness (QED) is 0.782. The van der Waals surface area contributed by atoms with Gasteiger partial charge >= 0.3 is 0 Å². The van der Waals surface area contributed by atoms with E-state index in [9.17, 15) is 4.79 Å². The van der Waals surface area contributed by atoms with Crippen molar-refractivity contribution in [2.75, 3.05) is 39.4 Å². The van der Waals surface area contributed by atoms with Crippen molar-refractivity contribution < 1.29 is 18.7 Å². The number of carbonyl (C=O) groups excluding carboxylic acids is 1. The highest BCUT2D eigenvalue weighted by atomic mass is 16.7. The lowest BCUT2D eigenvalue weighted by molar-refractivity contribution is -0.288. The number of aryl methyl sites for hydroxylation is 3. The summed E-state index contributed by atoms with van der Waals surface area (Å²) in [5.41, 5.74) is 0.907. The van der Waals surface area contributed by atoms with Gasteiger partial charge in [-0.1, -0.05) is 0 Å². The molecule has 0 radical (unpaired) electrons. The van der Waals surface area contributed by atoms with Crippen molar-refractivity contribution in [2.45, 2.75) is 26.2 Å². The lowest BCUT2D eigenvalue weighted by Crippen LogP contribution is -2.63. The predicted octanol–water partition coefficient (Wildman–Crippen LogP) is 0.726. The Morgan fingerprint density at radius 2 is 2.00 bits per heavy atom. The Morgan fingerprint density at radius 3 is 2.67 bits per heavy atom. The van der Waals surface area contributed by atoms with Crippen molar-refractivity contribution in [1.29, 1.82) is 0 Å². The molecule has 27 heavy (non-hydrogen) atoms. The Labute approximate surface area is 157 Å². The normalized spacial score (nSPS) is 23.9. The number of hydrogen-bond acceptors (Lipinski definition) is 7. The molecule has 1 atom stereocenters. The first-order chi connectivity index (χ1) is 13.0. The Balaban J connectivity index is 1.46. The third kappa shape index (κ3) is 3.62. The molecule has 2 saturated heterocycles. The topological polar surface area (TPSA) is 85.9 Å². The molecule has 1 spiro atoms. The van der Waals surface area contributed by atoms with E-state index in [4.69, 9.17) is 13.9 Å². The first kappa shape index (κ1) is 18.1. The summed E-state index contributed by atoms with van der Waals surface area (Å²) in [6.45, 7) is 7.67. The maximum Gasteiger partial charge on any atom is 0.290 e. The van der Waals surface area contributed by atoms with Gasteiger partial charge in [0.15, 0.2) is 17.5 Å². The number of nitrogens with zero attached hydrogens (tertiary/aromatic N) is 5. The molecule has 2 aliphatic heterocycles. The summed E-state index contributed by atoms with van der Waals surface area (Å²) in [4.78, 5) is 25.3. The third-order valence-electron chi connectivity index (χ3n) is 5.06. The van der Waals surface area contributed by atoms with Gasteiger partial charge < -0.3 is 23.4 Å². The van der Waals surface area contributed by atoms with E-state index in [1.807, 2.05) is 20.9 Å². The summed E-state index contributed by atoms with van der Waals surface area (Å²) < 4.78 is 19.4. The van der Waals surface area contributed by atoms with E-state index in [0.717, 1.165) is 18.0 Å². The molecule has 9 nitrogen and oxygen atoms in total. The zero-order valence-electron chi connectivity index (χ0n) is 16.0. The smallest absolute Gasteiger partial charge is 0.290 e. The average Bonchev–Trinajstić information content (AvgIpc) is 3.19. The largest absolute Gasteiger partial charge is 0.444 e. The highest BCUT2D eigenvalue weighted by molar-refractivity contribution is 5.90. The number of rotatable bonds is 3. The van der Waals surface area contributed by atoms with Crippen molar-refractivity contribution in [3.63, 3.8) is 0 Å². The second kappa shape index (κ2) is 7.06. The van der Waals surface area contributed by atoms with E-state index in [2.05, 4.69) is 14.9 Å². The monoisotopic (exact) mass is 375 g/mol. The molecule has 0 aliphatic carbocycles. The van der Waals surface area contributed by atoms with Crippen LogP contribution in [0.1, 0.15) is 28.0 Å². The zero-order chi connectivity index (χ0) is 19.0. The number of ether oxygens (including phenoxy) is 2. The molecule has 4 heterocycles. The van der Waals surface area contributed by atoms with Gasteiger partial charge in [-0.05, 0) is 6.92 Å². The van der Waals surface area contributed by atoms with E-state index >= 15 is 0 Å². The van der Waals surface area contributed by atoms with Crippen LogP contribution in [0.15, 0.2) is 16.8 Å². The van der Waals surface area contributed by atoms with Gasteiger partial charge in [0.2, 0.25) is 0 Å². The summed E-state index contributed by atoms with van der Waals surface area (Å²) >= 11 is 0. The molecule has 1 unspecified atom stereocenters. The standard InChI is InChI=1S/C18H25N5O4/c1-13-15(27-14(2)20-13)10-22-6-8-25-18(11-22)12-23(7-9-26-18)17(24)16-19-4-5-21(16)3/h4-5H,6-12H2,1-3H3. The van der Waals surface area contributed by atoms with Gasteiger partial charge in [0.1, 0.15) is 5.76 Å². The summed E-state index contributed by atoms with van der Waals surface area (Å²) in [6.07, 6.45) is 3.40. The van der Waals surface area contributed by atoms with Crippen LogP contribution in [0.4, 0.5) is 0 Å². The van der Waals surface area contributed by atoms with Crippen LogP contribution in [0, 0.1) is 13.8 Å². The zero-order valence-corrected chi connectivity index (χ0v) is 16.0. The fraction of sp³-hybridized carbons (Fsp3) is 0.611. The number of imidazole rings is 1. The Morgan fingerprint density at radius 1 is 1.22 bits per heavy atom. The van der Waals surface area contributed by atoms with E-state index in [1.54, 1.807) is 21.9 Å². The molecular formula is C18H25N5O4. The molecule has 0 aromatic carbocycles. The fourth-order valence-electron chi connectivity index (χ4n) is 3.71. The van der Waals surface area contributed by atoms with Gasteiger partial charge in [-0.2, -0.15) is 0 Å². The van der Waals surface area contributed by atoms with Crippen molar-refractivity contribution in [3.05, 3.63) is 35.6 Å². The number of amides is 1. The number of carbonyl (C=O) groups is 1. The molecule has 2 aliphatic rings. The Bertz CT molecular complexity index is 828. The summed E-state index contributed by atoms with van der Waals surface area (Å²) in [5.74, 6) is 1.04. The molecule has 146 valence electrons. The minimum absolute atomic E-state index is 0.104. The predicted molar refractivity (Wildman–Crippen MR) is 95.0 cm³/mol. The van der Waals surface area contributed by atoms with Crippen LogP contribution in [0.2, 0.25) is 0 Å². The average molecular weight is 375 g/mol. The molecule has 0 bridgehead atoms. The number of morpholine rings is 2. The van der Waals surface area contributed by atoms with Crippen molar-refractivity contribution in [2.24, 2.45) is 7.05 Å². The summed E-state index contributed by atoms with van der Waals surface area (Å²) in [6, 6.07) is 0. The summed E-state index contributed by atoms with van der Waals surface area (Å²) in [7, 11) is 1.82. The Kier molecular flexibility index (Phi) is 4.75. The summed E-state index contributed by atoms with van der Waals surface area (Å²) in [5, 5.41) is 0. The minimum Gasteiger partial charge on any atom is -0.444 e. The molecule has 2 aromatic heterocycles. The lowest BCUT2D eigenvalue weighted by Gasteiger charge is -2.47. The minimum atomic E-state index is -0.819. The van der Waals surface area contributed by atoms with Gasteiger partial charge in [0, 0.05) is 39.5 Å². The van der Waals surface area contributed by atoms with E-state index < -0.39 is 5.79 Å². The Hall–Kier alpha value is -2.23. The van der Waals surface area contributed by atoms with E-state index in [1.165, 1.54) is 0 Å². The molecule has 9 heteroatoms. The highest BCUT2D eigenvalue weighted by Crippen LogP contribution is 2.27. The molecule has 0 N–H and O–H groups in total. The number of hydrogen-bond donors (Lipinski definition) is 0. The van der Waals surface area contributed by atoms with Crippen LogP contribution in [0.5, 0.6) is 0 Å². The lowest BCUT2D eigenvalue weighted by atomic mass is 10.1. The van der Waals surface area contributed by atoms with Gasteiger partial charge in [0.05, 0.1) is 38.5 Å². The maximum absolute atomic E-state index is 12.8. The second-order valence-corrected chi connectivity index (χ2v) is 7.15.